The first-order chi connectivity index (χ1) is 14.2. The van der Waals surface area contributed by atoms with Gasteiger partial charge in [0, 0.05) is 11.3 Å². The number of anilines is 1. The Morgan fingerprint density at radius 2 is 2.00 bits per heavy atom. The highest BCUT2D eigenvalue weighted by Gasteiger charge is 2.27. The fraction of sp³-hybridized carbons (Fsp3) is 0.200. The molecule has 0 spiro atoms. The summed E-state index contributed by atoms with van der Waals surface area (Å²) in [6.45, 7) is 1.45. The second-order valence-corrected chi connectivity index (χ2v) is 7.30. The van der Waals surface area contributed by atoms with Crippen LogP contribution in [0.15, 0.2) is 53.7 Å². The molecule has 0 unspecified atom stereocenters. The van der Waals surface area contributed by atoms with Gasteiger partial charge in [0.15, 0.2) is 5.69 Å². The minimum absolute atomic E-state index is 0.341. The van der Waals surface area contributed by atoms with Crippen LogP contribution in [0.5, 0.6) is 11.6 Å². The van der Waals surface area contributed by atoms with Crippen molar-refractivity contribution < 1.29 is 19.4 Å². The van der Waals surface area contributed by atoms with E-state index in [1.165, 1.54) is 11.8 Å². The number of ether oxygens (including phenoxy) is 2. The summed E-state index contributed by atoms with van der Waals surface area (Å²) in [4.78, 5) is 15.4. The number of rotatable bonds is 6. The zero-order valence-electron chi connectivity index (χ0n) is 15.5. The molecule has 0 amide bonds. The second kappa shape index (κ2) is 8.36. The van der Waals surface area contributed by atoms with E-state index in [-0.39, 0.29) is 0 Å². The lowest BCUT2D eigenvalue weighted by atomic mass is 10.1. The number of para-hydroxylation sites is 2. The Bertz CT molecular complexity index is 1050. The lowest BCUT2D eigenvalue weighted by molar-refractivity contribution is -0.307. The summed E-state index contributed by atoms with van der Waals surface area (Å²) < 4.78 is 11.6. The normalized spacial score (nSPS) is 14.6. The fourth-order valence-electron chi connectivity index (χ4n) is 2.94. The van der Waals surface area contributed by atoms with Gasteiger partial charge in [-0.3, -0.25) is 0 Å². The predicted octanol–water partition coefficient (Wildman–Crippen LogP) is 2.28. The first-order valence-electron chi connectivity index (χ1n) is 8.97. The van der Waals surface area contributed by atoms with Gasteiger partial charge in [-0.05, 0) is 24.0 Å². The summed E-state index contributed by atoms with van der Waals surface area (Å²) >= 11 is 1.47. The molecule has 0 fully saturated rings. The molecule has 0 saturated carbocycles. The topological polar surface area (TPSA) is 109 Å². The van der Waals surface area contributed by atoms with Crippen LogP contribution in [0, 0.1) is 0 Å². The number of nitrogens with one attached hydrogen (secondary N) is 1. The Balaban J connectivity index is 1.78. The highest BCUT2D eigenvalue weighted by atomic mass is 32.2. The van der Waals surface area contributed by atoms with Gasteiger partial charge >= 0.3 is 0 Å². The largest absolute Gasteiger partial charge is 0.546 e. The Labute approximate surface area is 171 Å². The monoisotopic (exact) mass is 409 g/mol. The first-order valence-corrected chi connectivity index (χ1v) is 9.96. The number of aromatic nitrogens is 3. The molecule has 1 atom stereocenters. The zero-order valence-corrected chi connectivity index (χ0v) is 16.3. The molecular formula is C20H17N4O4S-. The summed E-state index contributed by atoms with van der Waals surface area (Å²) in [5, 5.41) is 23.2. The van der Waals surface area contributed by atoms with Gasteiger partial charge in [0.25, 0.3) is 0 Å². The van der Waals surface area contributed by atoms with Gasteiger partial charge in [0.1, 0.15) is 12.4 Å². The van der Waals surface area contributed by atoms with Gasteiger partial charge < -0.3 is 24.7 Å². The quantitative estimate of drug-likeness (QED) is 0.613. The Morgan fingerprint density at radius 3 is 2.83 bits per heavy atom. The van der Waals surface area contributed by atoms with Gasteiger partial charge in [0.05, 0.1) is 11.5 Å². The number of nitrogens with zero attached hydrogens (tertiary/aromatic N) is 3. The summed E-state index contributed by atoms with van der Waals surface area (Å²) in [5.41, 5.74) is 2.76. The fourth-order valence-corrected chi connectivity index (χ4v) is 3.45. The number of carbonyl (C=O) groups excluding carboxylic acids is 1. The minimum Gasteiger partial charge on any atom is -0.546 e. The van der Waals surface area contributed by atoms with Crippen LogP contribution in [0.25, 0.3) is 11.3 Å². The molecule has 1 aromatic heterocycles. The minimum atomic E-state index is -1.30. The average Bonchev–Trinajstić information content (AvgIpc) is 2.89. The number of carbonyl (C=O) groups is 1. The number of carboxylic acid groups (broad SMARTS) is 1. The second-order valence-electron chi connectivity index (χ2n) is 6.07. The Kier molecular flexibility index (Phi) is 5.48. The molecule has 8 nitrogen and oxygen atoms in total. The molecule has 1 aliphatic heterocycles. The highest BCUT2D eigenvalue weighted by molar-refractivity contribution is 7.99. The molecule has 3 aromatic rings. The first kappa shape index (κ1) is 19.0. The van der Waals surface area contributed by atoms with Crippen LogP contribution in [0.4, 0.5) is 5.69 Å². The molecule has 0 radical (unpaired) electrons. The summed E-state index contributed by atoms with van der Waals surface area (Å²) in [7, 11) is 0. The number of hydrogen-bond donors (Lipinski definition) is 1. The standard InChI is InChI=1S/C20H18N4O4S/c1-2-29-20-22-19-17(23-24-20)12-7-3-5-9-14(12)21-18(28-19)13-8-4-6-10-15(13)27-11-16(25)26/h3-10,18,21H,2,11H2,1H3,(H,25,26)/p-1/t18-/m1/s1. The van der Waals surface area contributed by atoms with E-state index >= 15 is 0 Å². The van der Waals surface area contributed by atoms with Crippen molar-refractivity contribution in [3.05, 3.63) is 54.1 Å². The van der Waals surface area contributed by atoms with E-state index in [0.717, 1.165) is 17.0 Å². The lowest BCUT2D eigenvalue weighted by Crippen LogP contribution is -2.29. The zero-order chi connectivity index (χ0) is 20.2. The van der Waals surface area contributed by atoms with Crippen molar-refractivity contribution in [3.63, 3.8) is 0 Å². The maximum atomic E-state index is 10.8. The van der Waals surface area contributed by atoms with E-state index in [0.29, 0.717) is 28.0 Å². The van der Waals surface area contributed by atoms with Crippen LogP contribution in [-0.4, -0.2) is 33.5 Å². The van der Waals surface area contributed by atoms with Crippen molar-refractivity contribution in [1.29, 1.82) is 0 Å². The molecule has 2 aromatic carbocycles. The van der Waals surface area contributed by atoms with Crippen LogP contribution >= 0.6 is 11.8 Å². The van der Waals surface area contributed by atoms with Gasteiger partial charge in [-0.2, -0.15) is 4.98 Å². The van der Waals surface area contributed by atoms with E-state index in [1.807, 2.05) is 37.3 Å². The number of fused-ring (bicyclic) bond motifs is 3. The van der Waals surface area contributed by atoms with E-state index in [4.69, 9.17) is 9.47 Å². The molecule has 29 heavy (non-hydrogen) atoms. The number of carboxylic acids is 1. The average molecular weight is 409 g/mol. The third kappa shape index (κ3) is 4.09. The maximum absolute atomic E-state index is 10.8. The van der Waals surface area contributed by atoms with Crippen molar-refractivity contribution in [2.45, 2.75) is 18.3 Å². The van der Waals surface area contributed by atoms with Gasteiger partial charge in [-0.25, -0.2) is 0 Å². The molecule has 0 aliphatic carbocycles. The van der Waals surface area contributed by atoms with E-state index in [2.05, 4.69) is 20.5 Å². The summed E-state index contributed by atoms with van der Waals surface area (Å²) in [6.07, 6.45) is -0.675. The van der Waals surface area contributed by atoms with Crippen LogP contribution in [0.2, 0.25) is 0 Å². The molecule has 1 N–H and O–H groups in total. The number of benzene rings is 2. The molecule has 4 rings (SSSR count). The Morgan fingerprint density at radius 1 is 1.21 bits per heavy atom. The van der Waals surface area contributed by atoms with Gasteiger partial charge in [-0.15, -0.1) is 10.2 Å². The highest BCUT2D eigenvalue weighted by Crippen LogP contribution is 2.40. The van der Waals surface area contributed by atoms with Crippen LogP contribution in [0.1, 0.15) is 18.7 Å². The van der Waals surface area contributed by atoms with Gasteiger partial charge in [-0.1, -0.05) is 49.0 Å². The number of hydrogen-bond acceptors (Lipinski definition) is 9. The van der Waals surface area contributed by atoms with Gasteiger partial charge in [0.2, 0.25) is 17.3 Å². The van der Waals surface area contributed by atoms with E-state index in [9.17, 15) is 9.90 Å². The summed E-state index contributed by atoms with van der Waals surface area (Å²) in [6, 6.07) is 14.7. The van der Waals surface area contributed by atoms with Crippen molar-refractivity contribution in [1.82, 2.24) is 15.2 Å². The molecular weight excluding hydrogens is 392 g/mol. The van der Waals surface area contributed by atoms with E-state index < -0.39 is 18.8 Å². The molecule has 1 aliphatic rings. The van der Waals surface area contributed by atoms with Crippen molar-refractivity contribution in [2.24, 2.45) is 0 Å². The van der Waals surface area contributed by atoms with Crippen molar-refractivity contribution in [2.75, 3.05) is 17.7 Å². The lowest BCUT2D eigenvalue weighted by Gasteiger charge is -2.22. The van der Waals surface area contributed by atoms with Crippen molar-refractivity contribution in [3.8, 4) is 22.9 Å². The smallest absolute Gasteiger partial charge is 0.247 e. The predicted molar refractivity (Wildman–Crippen MR) is 106 cm³/mol. The third-order valence-corrected chi connectivity index (χ3v) is 4.87. The third-order valence-electron chi connectivity index (χ3n) is 4.15. The molecule has 148 valence electrons. The molecule has 9 heteroatoms. The SMILES string of the molecule is CCSc1nnc2c(n1)O[C@H](c1ccccc1OCC(=O)[O-])Nc1ccccc1-2. The van der Waals surface area contributed by atoms with Crippen LogP contribution < -0.4 is 19.9 Å². The number of thioether (sulfide) groups is 1. The number of aliphatic carboxylic acids is 1. The Hall–Kier alpha value is -3.33. The van der Waals surface area contributed by atoms with E-state index in [1.54, 1.807) is 18.2 Å². The molecule has 0 saturated heterocycles. The van der Waals surface area contributed by atoms with Crippen molar-refractivity contribution >= 4 is 23.4 Å². The van der Waals surface area contributed by atoms with Crippen LogP contribution in [0.3, 0.4) is 0 Å². The summed E-state index contributed by atoms with van der Waals surface area (Å²) in [5.74, 6) is 0.218. The molecule has 0 bridgehead atoms. The molecule has 2 heterocycles. The van der Waals surface area contributed by atoms with Crippen LogP contribution in [-0.2, 0) is 4.79 Å². The maximum Gasteiger partial charge on any atom is 0.247 e.